The van der Waals surface area contributed by atoms with Crippen LogP contribution in [0.2, 0.25) is 0 Å². The molecular formula is C16H22N2O2. The number of hydrazine groups is 1. The topological polar surface area (TPSA) is 41.6 Å². The fourth-order valence-corrected chi connectivity index (χ4v) is 2.35. The van der Waals surface area contributed by atoms with Gasteiger partial charge in [-0.05, 0) is 38.0 Å². The Morgan fingerprint density at radius 1 is 1.30 bits per heavy atom. The maximum atomic E-state index is 11.9. The second-order valence-corrected chi connectivity index (χ2v) is 5.10. The second kappa shape index (κ2) is 7.10. The van der Waals surface area contributed by atoms with E-state index in [4.69, 9.17) is 4.74 Å². The first-order valence-electron chi connectivity index (χ1n) is 7.07. The van der Waals surface area contributed by atoms with E-state index in [1.54, 1.807) is 19.3 Å². The van der Waals surface area contributed by atoms with Crippen molar-refractivity contribution in [1.82, 2.24) is 10.4 Å². The van der Waals surface area contributed by atoms with Gasteiger partial charge in [-0.1, -0.05) is 18.1 Å². The molecule has 1 N–H and O–H groups in total. The SMILES string of the molecule is COc1ccc(C)cc1/C=C/C(=O)NN1CCCCC1. The minimum absolute atomic E-state index is 0.0875. The van der Waals surface area contributed by atoms with Crippen LogP contribution in [0, 0.1) is 6.92 Å². The smallest absolute Gasteiger partial charge is 0.258 e. The summed E-state index contributed by atoms with van der Waals surface area (Å²) < 4.78 is 5.29. The molecule has 1 fully saturated rings. The van der Waals surface area contributed by atoms with Gasteiger partial charge >= 0.3 is 0 Å². The standard InChI is InChI=1S/C16H22N2O2/c1-13-6-8-15(20-2)14(12-13)7-9-16(19)17-18-10-4-3-5-11-18/h6-9,12H,3-5,10-11H2,1-2H3,(H,17,19)/b9-7+. The number of hydrogen-bond acceptors (Lipinski definition) is 3. The van der Waals surface area contributed by atoms with Crippen molar-refractivity contribution in [2.45, 2.75) is 26.2 Å². The molecule has 0 aromatic heterocycles. The summed E-state index contributed by atoms with van der Waals surface area (Å²) in [5, 5.41) is 1.99. The molecule has 1 heterocycles. The molecule has 2 rings (SSSR count). The first-order valence-corrected chi connectivity index (χ1v) is 7.07. The zero-order chi connectivity index (χ0) is 14.4. The summed E-state index contributed by atoms with van der Waals surface area (Å²) in [7, 11) is 1.63. The zero-order valence-electron chi connectivity index (χ0n) is 12.2. The lowest BCUT2D eigenvalue weighted by Gasteiger charge is -2.26. The molecule has 0 bridgehead atoms. The van der Waals surface area contributed by atoms with Crippen LogP contribution in [-0.2, 0) is 4.79 Å². The maximum absolute atomic E-state index is 11.9. The van der Waals surface area contributed by atoms with Gasteiger partial charge in [0.25, 0.3) is 5.91 Å². The van der Waals surface area contributed by atoms with E-state index >= 15 is 0 Å². The monoisotopic (exact) mass is 274 g/mol. The lowest BCUT2D eigenvalue weighted by molar-refractivity contribution is -0.121. The van der Waals surface area contributed by atoms with Crippen LogP contribution in [0.15, 0.2) is 24.3 Å². The molecule has 108 valence electrons. The molecule has 0 aliphatic carbocycles. The third-order valence-corrected chi connectivity index (χ3v) is 3.42. The minimum Gasteiger partial charge on any atom is -0.496 e. The largest absolute Gasteiger partial charge is 0.496 e. The Kier molecular flexibility index (Phi) is 5.18. The molecule has 20 heavy (non-hydrogen) atoms. The zero-order valence-corrected chi connectivity index (χ0v) is 12.2. The van der Waals surface area contributed by atoms with E-state index in [1.165, 1.54) is 6.42 Å². The van der Waals surface area contributed by atoms with Gasteiger partial charge in [0.15, 0.2) is 0 Å². The second-order valence-electron chi connectivity index (χ2n) is 5.10. The highest BCUT2D eigenvalue weighted by Crippen LogP contribution is 2.20. The first-order chi connectivity index (χ1) is 9.69. The molecule has 1 amide bonds. The van der Waals surface area contributed by atoms with Gasteiger partial charge in [-0.2, -0.15) is 0 Å². The van der Waals surface area contributed by atoms with E-state index in [0.29, 0.717) is 0 Å². The van der Waals surface area contributed by atoms with Gasteiger partial charge < -0.3 is 4.74 Å². The number of hydrogen-bond donors (Lipinski definition) is 1. The van der Waals surface area contributed by atoms with Crippen molar-refractivity contribution in [3.8, 4) is 5.75 Å². The molecule has 1 aromatic carbocycles. The number of piperidine rings is 1. The Bertz CT molecular complexity index is 491. The van der Waals surface area contributed by atoms with E-state index in [-0.39, 0.29) is 5.91 Å². The Morgan fingerprint density at radius 3 is 2.75 bits per heavy atom. The van der Waals surface area contributed by atoms with E-state index in [9.17, 15) is 4.79 Å². The van der Waals surface area contributed by atoms with E-state index < -0.39 is 0 Å². The van der Waals surface area contributed by atoms with Crippen molar-refractivity contribution in [2.24, 2.45) is 0 Å². The van der Waals surface area contributed by atoms with Crippen LogP contribution >= 0.6 is 0 Å². The third kappa shape index (κ3) is 4.10. The van der Waals surface area contributed by atoms with Gasteiger partial charge in [0.2, 0.25) is 0 Å². The fraction of sp³-hybridized carbons (Fsp3) is 0.438. The van der Waals surface area contributed by atoms with E-state index in [1.807, 2.05) is 30.1 Å². The Labute approximate surface area is 120 Å². The number of nitrogens with one attached hydrogen (secondary N) is 1. The van der Waals surface area contributed by atoms with Gasteiger partial charge in [-0.15, -0.1) is 0 Å². The van der Waals surface area contributed by atoms with Crippen molar-refractivity contribution < 1.29 is 9.53 Å². The molecule has 1 saturated heterocycles. The van der Waals surface area contributed by atoms with Crippen LogP contribution in [0.3, 0.4) is 0 Å². The summed E-state index contributed by atoms with van der Waals surface area (Å²) in [6, 6.07) is 5.91. The molecule has 0 atom stereocenters. The van der Waals surface area contributed by atoms with Crippen LogP contribution in [-0.4, -0.2) is 31.1 Å². The Hall–Kier alpha value is -1.81. The molecular weight excluding hydrogens is 252 g/mol. The lowest BCUT2D eigenvalue weighted by atomic mass is 10.1. The Balaban J connectivity index is 1.97. The van der Waals surface area contributed by atoms with Gasteiger partial charge in [-0.25, -0.2) is 5.01 Å². The van der Waals surface area contributed by atoms with E-state index in [0.717, 1.165) is 42.8 Å². The van der Waals surface area contributed by atoms with Crippen LogP contribution in [0.5, 0.6) is 5.75 Å². The highest BCUT2D eigenvalue weighted by Gasteiger charge is 2.11. The summed E-state index contributed by atoms with van der Waals surface area (Å²) >= 11 is 0. The van der Waals surface area contributed by atoms with Crippen LogP contribution in [0.1, 0.15) is 30.4 Å². The highest BCUT2D eigenvalue weighted by molar-refractivity contribution is 5.91. The van der Waals surface area contributed by atoms with Crippen molar-refractivity contribution >= 4 is 12.0 Å². The number of carbonyl (C=O) groups excluding carboxylic acids is 1. The normalized spacial score (nSPS) is 16.3. The van der Waals surface area contributed by atoms with Crippen molar-refractivity contribution in [2.75, 3.05) is 20.2 Å². The molecule has 1 aliphatic heterocycles. The molecule has 0 saturated carbocycles. The average Bonchev–Trinajstić information content (AvgIpc) is 2.46. The first kappa shape index (κ1) is 14.6. The van der Waals surface area contributed by atoms with E-state index in [2.05, 4.69) is 5.43 Å². The molecule has 0 spiro atoms. The number of ether oxygens (including phenoxy) is 1. The van der Waals surface area contributed by atoms with Gasteiger partial charge in [0, 0.05) is 24.7 Å². The molecule has 0 unspecified atom stereocenters. The number of aryl methyl sites for hydroxylation is 1. The molecule has 4 heteroatoms. The van der Waals surface area contributed by atoms with Crippen LogP contribution in [0.4, 0.5) is 0 Å². The van der Waals surface area contributed by atoms with Gasteiger partial charge in [0.05, 0.1) is 7.11 Å². The number of amides is 1. The number of nitrogens with zero attached hydrogens (tertiary/aromatic N) is 1. The number of benzene rings is 1. The fourth-order valence-electron chi connectivity index (χ4n) is 2.35. The molecule has 0 radical (unpaired) electrons. The van der Waals surface area contributed by atoms with Crippen molar-refractivity contribution in [1.29, 1.82) is 0 Å². The quantitative estimate of drug-likeness (QED) is 0.858. The molecule has 1 aliphatic rings. The summed E-state index contributed by atoms with van der Waals surface area (Å²) in [6.45, 7) is 3.89. The van der Waals surface area contributed by atoms with Crippen LogP contribution < -0.4 is 10.2 Å². The Morgan fingerprint density at radius 2 is 2.05 bits per heavy atom. The predicted octanol–water partition coefficient (Wildman–Crippen LogP) is 2.53. The molecule has 4 nitrogen and oxygen atoms in total. The average molecular weight is 274 g/mol. The van der Waals surface area contributed by atoms with Crippen molar-refractivity contribution in [3.05, 3.63) is 35.4 Å². The summed E-state index contributed by atoms with van der Waals surface area (Å²) in [5.74, 6) is 0.688. The van der Waals surface area contributed by atoms with Crippen LogP contribution in [0.25, 0.3) is 6.08 Å². The number of methoxy groups -OCH3 is 1. The summed E-state index contributed by atoms with van der Waals surface area (Å²) in [4.78, 5) is 11.9. The predicted molar refractivity (Wildman–Crippen MR) is 80.3 cm³/mol. The maximum Gasteiger partial charge on any atom is 0.258 e. The summed E-state index contributed by atoms with van der Waals surface area (Å²) in [5.41, 5.74) is 4.97. The lowest BCUT2D eigenvalue weighted by Crippen LogP contribution is -2.44. The number of carbonyl (C=O) groups is 1. The van der Waals surface area contributed by atoms with Crippen molar-refractivity contribution in [3.63, 3.8) is 0 Å². The number of rotatable bonds is 4. The van der Waals surface area contributed by atoms with Gasteiger partial charge in [-0.3, -0.25) is 10.2 Å². The third-order valence-electron chi connectivity index (χ3n) is 3.42. The molecule has 1 aromatic rings. The summed E-state index contributed by atoms with van der Waals surface area (Å²) in [6.07, 6.45) is 6.91. The highest BCUT2D eigenvalue weighted by atomic mass is 16.5. The minimum atomic E-state index is -0.0875. The van der Waals surface area contributed by atoms with Gasteiger partial charge in [0.1, 0.15) is 5.75 Å².